The molecule has 0 aromatic rings. The lowest BCUT2D eigenvalue weighted by atomic mass is 10.0. The Morgan fingerprint density at radius 2 is 0.520 bits per heavy atom. The number of hydrogen-bond donors (Lipinski definition) is 0. The van der Waals surface area contributed by atoms with Gasteiger partial charge in [0.15, 0.2) is 6.10 Å². The lowest BCUT2D eigenvalue weighted by Crippen LogP contribution is -2.30. The zero-order valence-electron chi connectivity index (χ0n) is 50.6. The smallest absolute Gasteiger partial charge is 0.306 e. The predicted molar refractivity (Wildman–Crippen MR) is 326 cm³/mol. The molecule has 440 valence electrons. The molecular formula is C69H128O6. The molecule has 1 atom stereocenters. The van der Waals surface area contributed by atoms with Crippen molar-refractivity contribution in [1.29, 1.82) is 0 Å². The molecule has 0 amide bonds. The van der Waals surface area contributed by atoms with E-state index in [1.165, 1.54) is 231 Å². The maximum atomic E-state index is 12.8. The van der Waals surface area contributed by atoms with Crippen LogP contribution in [0.15, 0.2) is 36.5 Å². The van der Waals surface area contributed by atoms with E-state index < -0.39 is 6.10 Å². The van der Waals surface area contributed by atoms with Crippen LogP contribution in [0.2, 0.25) is 0 Å². The fraction of sp³-hybridized carbons (Fsp3) is 0.870. The molecule has 6 nitrogen and oxygen atoms in total. The van der Waals surface area contributed by atoms with Crippen molar-refractivity contribution in [2.24, 2.45) is 0 Å². The van der Waals surface area contributed by atoms with Gasteiger partial charge in [-0.2, -0.15) is 0 Å². The third kappa shape index (κ3) is 62.4. The van der Waals surface area contributed by atoms with Gasteiger partial charge >= 0.3 is 17.9 Å². The van der Waals surface area contributed by atoms with Crippen molar-refractivity contribution >= 4 is 17.9 Å². The minimum atomic E-state index is -0.777. The summed E-state index contributed by atoms with van der Waals surface area (Å²) in [5.74, 6) is -0.872. The zero-order chi connectivity index (χ0) is 54.3. The number of esters is 3. The monoisotopic (exact) mass is 1050 g/mol. The molecule has 0 aliphatic rings. The molecule has 0 rings (SSSR count). The quantitative estimate of drug-likeness (QED) is 0.0261. The molecule has 0 saturated carbocycles. The highest BCUT2D eigenvalue weighted by molar-refractivity contribution is 5.71. The van der Waals surface area contributed by atoms with E-state index in [0.717, 1.165) is 96.3 Å². The molecule has 6 heteroatoms. The first kappa shape index (κ1) is 72.6. The Morgan fingerprint density at radius 3 is 0.813 bits per heavy atom. The van der Waals surface area contributed by atoms with Crippen LogP contribution in [0, 0.1) is 0 Å². The summed E-state index contributed by atoms with van der Waals surface area (Å²) in [6, 6.07) is 0. The highest BCUT2D eigenvalue weighted by Crippen LogP contribution is 2.18. The molecule has 0 aliphatic carbocycles. The van der Waals surface area contributed by atoms with Gasteiger partial charge in [0.2, 0.25) is 0 Å². The standard InChI is InChI=1S/C69H128O6/c1-4-7-10-13-16-19-22-24-26-27-28-29-30-31-32-33-34-35-36-37-38-39-40-41-42-44-45-47-50-53-56-59-62-68(71)74-65-66(64-73-67(70)61-58-55-52-49-21-18-15-12-9-6-3)75-69(72)63-60-57-54-51-48-46-43-25-23-20-17-14-11-8-5-2/h8,11,17,20,25,43,66H,4-7,9-10,12-16,18-19,21-24,26-42,44-65H2,1-3H3/b11-8-,20-17-,43-25-. The number of unbranched alkanes of at least 4 members (excludes halogenated alkanes) is 45. The number of carbonyl (C=O) groups is 3. The van der Waals surface area contributed by atoms with Gasteiger partial charge in [0.05, 0.1) is 0 Å². The maximum Gasteiger partial charge on any atom is 0.306 e. The number of allylic oxidation sites excluding steroid dienone is 6. The molecule has 0 bridgehead atoms. The average molecular weight is 1050 g/mol. The van der Waals surface area contributed by atoms with Crippen molar-refractivity contribution in [3.63, 3.8) is 0 Å². The Balaban J connectivity index is 4.03. The molecule has 1 unspecified atom stereocenters. The van der Waals surface area contributed by atoms with E-state index >= 15 is 0 Å². The van der Waals surface area contributed by atoms with E-state index in [9.17, 15) is 14.4 Å². The fourth-order valence-electron chi connectivity index (χ4n) is 10.2. The van der Waals surface area contributed by atoms with E-state index in [2.05, 4.69) is 57.2 Å². The lowest BCUT2D eigenvalue weighted by Gasteiger charge is -2.18. The van der Waals surface area contributed by atoms with Crippen molar-refractivity contribution in [2.45, 2.75) is 374 Å². The maximum absolute atomic E-state index is 12.8. The molecule has 0 heterocycles. The van der Waals surface area contributed by atoms with E-state index in [1.54, 1.807) is 0 Å². The SMILES string of the molecule is CC/C=C\C/C=C\C/C=C\CCCCCCCC(=O)OC(COC(=O)CCCCCCCCCCCC)COC(=O)CCCCCCCCCCCCCCCCCCCCCCCCCCCCCCCCCC. The van der Waals surface area contributed by atoms with Gasteiger partial charge in [0.25, 0.3) is 0 Å². The zero-order valence-corrected chi connectivity index (χ0v) is 50.6. The predicted octanol–water partition coefficient (Wildman–Crippen LogP) is 22.8. The van der Waals surface area contributed by atoms with Crippen LogP contribution >= 0.6 is 0 Å². The second-order valence-electron chi connectivity index (χ2n) is 22.7. The van der Waals surface area contributed by atoms with Gasteiger partial charge in [-0.3, -0.25) is 14.4 Å². The normalized spacial score (nSPS) is 12.2. The summed E-state index contributed by atoms with van der Waals surface area (Å²) in [7, 11) is 0. The third-order valence-electron chi connectivity index (χ3n) is 15.2. The molecule has 0 aromatic carbocycles. The van der Waals surface area contributed by atoms with Crippen LogP contribution in [0.25, 0.3) is 0 Å². The van der Waals surface area contributed by atoms with E-state index in [0.29, 0.717) is 19.3 Å². The molecule has 0 radical (unpaired) electrons. The summed E-state index contributed by atoms with van der Waals surface area (Å²) in [6.07, 6.45) is 79.1. The first-order valence-corrected chi connectivity index (χ1v) is 33.5. The van der Waals surface area contributed by atoms with Gasteiger partial charge in [-0.1, -0.05) is 333 Å². The highest BCUT2D eigenvalue weighted by atomic mass is 16.6. The second-order valence-corrected chi connectivity index (χ2v) is 22.7. The van der Waals surface area contributed by atoms with E-state index in [1.807, 2.05) is 0 Å². The summed E-state index contributed by atoms with van der Waals surface area (Å²) < 4.78 is 16.9. The molecule has 0 aromatic heterocycles. The number of ether oxygens (including phenoxy) is 3. The summed E-state index contributed by atoms with van der Waals surface area (Å²) in [4.78, 5) is 38.2. The second kappa shape index (κ2) is 64.2. The van der Waals surface area contributed by atoms with Crippen molar-refractivity contribution < 1.29 is 28.6 Å². The van der Waals surface area contributed by atoms with Crippen molar-refractivity contribution in [3.05, 3.63) is 36.5 Å². The molecule has 0 N–H and O–H groups in total. The molecule has 0 saturated heterocycles. The van der Waals surface area contributed by atoms with Crippen LogP contribution in [-0.4, -0.2) is 37.2 Å². The molecule has 0 fully saturated rings. The molecule has 0 spiro atoms. The number of hydrogen-bond acceptors (Lipinski definition) is 6. The largest absolute Gasteiger partial charge is 0.462 e. The van der Waals surface area contributed by atoms with E-state index in [4.69, 9.17) is 14.2 Å². The minimum Gasteiger partial charge on any atom is -0.462 e. The third-order valence-corrected chi connectivity index (χ3v) is 15.2. The number of carbonyl (C=O) groups excluding carboxylic acids is 3. The van der Waals surface area contributed by atoms with Gasteiger partial charge in [-0.25, -0.2) is 0 Å². The lowest BCUT2D eigenvalue weighted by molar-refractivity contribution is -0.167. The highest BCUT2D eigenvalue weighted by Gasteiger charge is 2.19. The molecule has 0 aliphatic heterocycles. The topological polar surface area (TPSA) is 78.9 Å². The summed E-state index contributed by atoms with van der Waals surface area (Å²) in [5, 5.41) is 0. The minimum absolute atomic E-state index is 0.0744. The van der Waals surface area contributed by atoms with Gasteiger partial charge in [-0.15, -0.1) is 0 Å². The van der Waals surface area contributed by atoms with Crippen LogP contribution < -0.4 is 0 Å². The van der Waals surface area contributed by atoms with Crippen LogP contribution in [0.3, 0.4) is 0 Å². The molecule has 75 heavy (non-hydrogen) atoms. The first-order chi connectivity index (χ1) is 37.0. The Labute approximate surface area is 467 Å². The average Bonchev–Trinajstić information content (AvgIpc) is 3.41. The van der Waals surface area contributed by atoms with Gasteiger partial charge < -0.3 is 14.2 Å². The van der Waals surface area contributed by atoms with Crippen molar-refractivity contribution in [3.8, 4) is 0 Å². The Kier molecular flexibility index (Phi) is 62.1. The Bertz CT molecular complexity index is 1250. The molecular weight excluding hydrogens is 925 g/mol. The van der Waals surface area contributed by atoms with Crippen molar-refractivity contribution in [1.82, 2.24) is 0 Å². The van der Waals surface area contributed by atoms with Crippen LogP contribution in [0.4, 0.5) is 0 Å². The van der Waals surface area contributed by atoms with Gasteiger partial charge in [0, 0.05) is 19.3 Å². The first-order valence-electron chi connectivity index (χ1n) is 33.5. The van der Waals surface area contributed by atoms with Crippen LogP contribution in [0.1, 0.15) is 367 Å². The number of rotatable bonds is 62. The van der Waals surface area contributed by atoms with Crippen LogP contribution in [0.5, 0.6) is 0 Å². The Hall–Kier alpha value is -2.37. The van der Waals surface area contributed by atoms with E-state index in [-0.39, 0.29) is 31.1 Å². The van der Waals surface area contributed by atoms with Crippen LogP contribution in [-0.2, 0) is 28.6 Å². The summed E-state index contributed by atoms with van der Waals surface area (Å²) >= 11 is 0. The van der Waals surface area contributed by atoms with Gasteiger partial charge in [-0.05, 0) is 51.4 Å². The summed E-state index contributed by atoms with van der Waals surface area (Å²) in [5.41, 5.74) is 0. The fourth-order valence-corrected chi connectivity index (χ4v) is 10.2. The summed E-state index contributed by atoms with van der Waals surface area (Å²) in [6.45, 7) is 6.56. The van der Waals surface area contributed by atoms with Crippen molar-refractivity contribution in [2.75, 3.05) is 13.2 Å². The Morgan fingerprint density at radius 1 is 0.280 bits per heavy atom. The van der Waals surface area contributed by atoms with Gasteiger partial charge in [0.1, 0.15) is 13.2 Å².